The Balaban J connectivity index is 1.62. The maximum absolute atomic E-state index is 11.8. The van der Waals surface area contributed by atoms with Crippen LogP contribution < -0.4 is 5.32 Å². The van der Waals surface area contributed by atoms with Gasteiger partial charge in [0.15, 0.2) is 15.2 Å². The first kappa shape index (κ1) is 13.8. The zero-order valence-electron chi connectivity index (χ0n) is 10.9. The monoisotopic (exact) mass is 394 g/mol. The van der Waals surface area contributed by atoms with Gasteiger partial charge in [0, 0.05) is 12.3 Å². The standard InChI is InChI=1S/C14H11IN4O2/c15-11-6-4-10(21-11)5-7-14(20)16-9-13-18-17-12-3-1-2-8-19(12)13/h1-8H,9H2,(H,16,20)/b7-5+. The molecule has 0 saturated carbocycles. The van der Waals surface area contributed by atoms with E-state index in [-0.39, 0.29) is 5.91 Å². The van der Waals surface area contributed by atoms with Crippen LogP contribution in [-0.2, 0) is 11.3 Å². The van der Waals surface area contributed by atoms with Crippen molar-refractivity contribution in [1.82, 2.24) is 19.9 Å². The number of nitrogens with zero attached hydrogens (tertiary/aromatic N) is 3. The molecule has 0 bridgehead atoms. The summed E-state index contributed by atoms with van der Waals surface area (Å²) < 4.78 is 7.95. The van der Waals surface area contributed by atoms with Crippen molar-refractivity contribution >= 4 is 40.2 Å². The molecule has 3 heterocycles. The van der Waals surface area contributed by atoms with Crippen LogP contribution in [0.2, 0.25) is 0 Å². The van der Waals surface area contributed by atoms with Crippen LogP contribution in [0.1, 0.15) is 11.6 Å². The normalized spacial score (nSPS) is 11.3. The van der Waals surface area contributed by atoms with Crippen molar-refractivity contribution in [3.63, 3.8) is 0 Å². The van der Waals surface area contributed by atoms with Crippen LogP contribution in [0.3, 0.4) is 0 Å². The van der Waals surface area contributed by atoms with E-state index in [0.29, 0.717) is 18.1 Å². The second kappa shape index (κ2) is 6.08. The number of aromatic nitrogens is 3. The van der Waals surface area contributed by atoms with Gasteiger partial charge in [-0.1, -0.05) is 6.07 Å². The lowest BCUT2D eigenvalue weighted by molar-refractivity contribution is -0.116. The first-order valence-corrected chi connectivity index (χ1v) is 7.30. The van der Waals surface area contributed by atoms with E-state index in [0.717, 1.165) is 9.41 Å². The van der Waals surface area contributed by atoms with Gasteiger partial charge in [0.1, 0.15) is 5.76 Å². The number of nitrogens with one attached hydrogen (secondary N) is 1. The molecule has 21 heavy (non-hydrogen) atoms. The number of rotatable bonds is 4. The largest absolute Gasteiger partial charge is 0.451 e. The van der Waals surface area contributed by atoms with Gasteiger partial charge in [0.25, 0.3) is 0 Å². The van der Waals surface area contributed by atoms with Crippen LogP contribution in [0.4, 0.5) is 0 Å². The molecule has 3 aromatic heterocycles. The summed E-state index contributed by atoms with van der Waals surface area (Å²) in [5.74, 6) is 1.11. The smallest absolute Gasteiger partial charge is 0.244 e. The summed E-state index contributed by atoms with van der Waals surface area (Å²) in [6.07, 6.45) is 4.91. The first-order valence-electron chi connectivity index (χ1n) is 6.22. The Morgan fingerprint density at radius 1 is 1.33 bits per heavy atom. The topological polar surface area (TPSA) is 72.4 Å². The summed E-state index contributed by atoms with van der Waals surface area (Å²) in [5.41, 5.74) is 0.752. The average molecular weight is 394 g/mol. The number of amides is 1. The highest BCUT2D eigenvalue weighted by molar-refractivity contribution is 14.1. The fourth-order valence-corrected chi connectivity index (χ4v) is 2.25. The van der Waals surface area contributed by atoms with Gasteiger partial charge < -0.3 is 9.73 Å². The molecule has 0 fully saturated rings. The minimum absolute atomic E-state index is 0.214. The fourth-order valence-electron chi connectivity index (χ4n) is 1.81. The predicted octanol–water partition coefficient (Wildman–Crippen LogP) is 2.26. The fraction of sp³-hybridized carbons (Fsp3) is 0.0714. The first-order chi connectivity index (χ1) is 10.2. The zero-order chi connectivity index (χ0) is 14.7. The SMILES string of the molecule is O=C(/C=C/c1ccc(I)o1)NCc1nnc2ccccn12. The van der Waals surface area contributed by atoms with Crippen LogP contribution in [0.25, 0.3) is 11.7 Å². The minimum atomic E-state index is -0.214. The van der Waals surface area contributed by atoms with Crippen molar-refractivity contribution in [2.75, 3.05) is 0 Å². The van der Waals surface area contributed by atoms with Gasteiger partial charge in [0.2, 0.25) is 5.91 Å². The lowest BCUT2D eigenvalue weighted by Gasteiger charge is -2.00. The van der Waals surface area contributed by atoms with Crippen molar-refractivity contribution in [1.29, 1.82) is 0 Å². The number of hydrogen-bond acceptors (Lipinski definition) is 4. The Morgan fingerprint density at radius 2 is 2.24 bits per heavy atom. The number of pyridine rings is 1. The molecule has 0 aliphatic rings. The van der Waals surface area contributed by atoms with Gasteiger partial charge in [0.05, 0.1) is 6.54 Å². The number of carbonyl (C=O) groups is 1. The molecule has 0 atom stereocenters. The van der Waals surface area contributed by atoms with Gasteiger partial charge >= 0.3 is 0 Å². The van der Waals surface area contributed by atoms with Crippen molar-refractivity contribution in [2.45, 2.75) is 6.54 Å². The van der Waals surface area contributed by atoms with Gasteiger partial charge in [-0.2, -0.15) is 0 Å². The molecule has 0 radical (unpaired) electrons. The Bertz CT molecular complexity index is 806. The summed E-state index contributed by atoms with van der Waals surface area (Å²) in [5, 5.41) is 10.8. The van der Waals surface area contributed by atoms with Crippen molar-refractivity contribution in [3.8, 4) is 0 Å². The third-order valence-corrected chi connectivity index (χ3v) is 3.38. The molecule has 1 N–H and O–H groups in total. The van der Waals surface area contributed by atoms with Gasteiger partial charge in [-0.15, -0.1) is 10.2 Å². The van der Waals surface area contributed by atoms with Crippen LogP contribution in [-0.4, -0.2) is 20.5 Å². The molecule has 0 aliphatic carbocycles. The van der Waals surface area contributed by atoms with Crippen LogP contribution in [0.5, 0.6) is 0 Å². The molecule has 3 rings (SSSR count). The van der Waals surface area contributed by atoms with Crippen molar-refractivity contribution in [3.05, 3.63) is 58.0 Å². The molecule has 0 saturated heterocycles. The van der Waals surface area contributed by atoms with E-state index >= 15 is 0 Å². The molecule has 0 spiro atoms. The average Bonchev–Trinajstić information content (AvgIpc) is 3.09. The molecule has 0 aromatic carbocycles. The summed E-state index contributed by atoms with van der Waals surface area (Å²) in [6, 6.07) is 9.27. The molecule has 106 valence electrons. The summed E-state index contributed by atoms with van der Waals surface area (Å²) >= 11 is 2.07. The molecule has 0 aliphatic heterocycles. The third kappa shape index (κ3) is 3.30. The molecule has 7 heteroatoms. The molecule has 1 amide bonds. The van der Waals surface area contributed by atoms with Gasteiger partial charge in [-0.3, -0.25) is 9.20 Å². The number of furan rings is 1. The number of carbonyl (C=O) groups excluding carboxylic acids is 1. The highest BCUT2D eigenvalue weighted by Gasteiger charge is 2.05. The van der Waals surface area contributed by atoms with Crippen molar-refractivity contribution in [2.24, 2.45) is 0 Å². The quantitative estimate of drug-likeness (QED) is 0.545. The minimum Gasteiger partial charge on any atom is -0.451 e. The Kier molecular flexibility index (Phi) is 4.00. The number of fused-ring (bicyclic) bond motifs is 1. The summed E-state index contributed by atoms with van der Waals surface area (Å²) in [7, 11) is 0. The van der Waals surface area contributed by atoms with Crippen LogP contribution in [0.15, 0.2) is 47.0 Å². The van der Waals surface area contributed by atoms with E-state index in [1.54, 1.807) is 12.1 Å². The molecular weight excluding hydrogens is 383 g/mol. The third-order valence-electron chi connectivity index (χ3n) is 2.80. The van der Waals surface area contributed by atoms with Crippen LogP contribution >= 0.6 is 22.6 Å². The Morgan fingerprint density at radius 3 is 3.05 bits per heavy atom. The number of halogens is 1. The predicted molar refractivity (Wildman–Crippen MR) is 85.3 cm³/mol. The van der Waals surface area contributed by atoms with Crippen LogP contribution in [0, 0.1) is 3.77 Å². The van der Waals surface area contributed by atoms with E-state index in [4.69, 9.17) is 4.42 Å². The Hall–Kier alpha value is -2.16. The maximum atomic E-state index is 11.8. The molecular formula is C14H11IN4O2. The van der Waals surface area contributed by atoms with Gasteiger partial charge in [-0.05, 0) is 52.9 Å². The van der Waals surface area contributed by atoms with E-state index in [1.165, 1.54) is 6.08 Å². The zero-order valence-corrected chi connectivity index (χ0v) is 13.0. The van der Waals surface area contributed by atoms with E-state index in [2.05, 4.69) is 38.1 Å². The number of hydrogen-bond donors (Lipinski definition) is 1. The highest BCUT2D eigenvalue weighted by Crippen LogP contribution is 2.11. The second-order valence-corrected chi connectivity index (χ2v) is 5.30. The second-order valence-electron chi connectivity index (χ2n) is 4.24. The lowest BCUT2D eigenvalue weighted by Crippen LogP contribution is -2.21. The molecule has 3 aromatic rings. The molecule has 0 unspecified atom stereocenters. The van der Waals surface area contributed by atoms with E-state index in [1.807, 2.05) is 34.9 Å². The van der Waals surface area contributed by atoms with E-state index < -0.39 is 0 Å². The van der Waals surface area contributed by atoms with Crippen molar-refractivity contribution < 1.29 is 9.21 Å². The highest BCUT2D eigenvalue weighted by atomic mass is 127. The Labute approximate surface area is 134 Å². The molecule has 6 nitrogen and oxygen atoms in total. The van der Waals surface area contributed by atoms with Gasteiger partial charge in [-0.25, -0.2) is 0 Å². The maximum Gasteiger partial charge on any atom is 0.244 e. The lowest BCUT2D eigenvalue weighted by atomic mass is 10.4. The summed E-state index contributed by atoms with van der Waals surface area (Å²) in [4.78, 5) is 11.8. The summed E-state index contributed by atoms with van der Waals surface area (Å²) in [6.45, 7) is 0.310. The van der Waals surface area contributed by atoms with E-state index in [9.17, 15) is 4.79 Å².